The third-order valence-corrected chi connectivity index (χ3v) is 2.43. The van der Waals surface area contributed by atoms with Crippen LogP contribution in [0.25, 0.3) is 11.0 Å². The van der Waals surface area contributed by atoms with Gasteiger partial charge in [0.05, 0.1) is 11.1 Å². The minimum absolute atomic E-state index is 0.321. The monoisotopic (exact) mass is 210 g/mol. The first kappa shape index (κ1) is 9.40. The normalized spacial score (nSPS) is 11.5. The summed E-state index contributed by atoms with van der Waals surface area (Å²) in [6.07, 6.45) is 1.45. The molecule has 0 aliphatic rings. The van der Waals surface area contributed by atoms with Gasteiger partial charge in [-0.25, -0.2) is 9.97 Å². The Morgan fingerprint density at radius 1 is 1.36 bits per heavy atom. The second-order valence-electron chi connectivity index (χ2n) is 3.53. The topological polar surface area (TPSA) is 43.6 Å². The second kappa shape index (κ2) is 3.20. The van der Waals surface area contributed by atoms with Crippen LogP contribution in [0.1, 0.15) is 25.5 Å². The van der Waals surface area contributed by atoms with Crippen LogP contribution in [0.5, 0.6) is 0 Å². The Morgan fingerprint density at radius 2 is 2.07 bits per heavy atom. The second-order valence-corrected chi connectivity index (χ2v) is 3.88. The highest BCUT2D eigenvalue weighted by Gasteiger charge is 2.15. The van der Waals surface area contributed by atoms with Gasteiger partial charge in [-0.05, 0) is 5.92 Å². The van der Waals surface area contributed by atoms with Crippen molar-refractivity contribution in [3.8, 4) is 0 Å². The predicted molar refractivity (Wildman–Crippen MR) is 55.4 cm³/mol. The number of aromatic nitrogens is 4. The Hall–Kier alpha value is -1.16. The maximum absolute atomic E-state index is 6.02. The van der Waals surface area contributed by atoms with E-state index in [4.69, 9.17) is 11.6 Å². The largest absolute Gasteiger partial charge is 0.250 e. The van der Waals surface area contributed by atoms with E-state index < -0.39 is 0 Å². The molecular weight excluding hydrogens is 200 g/mol. The van der Waals surface area contributed by atoms with Crippen molar-refractivity contribution in [3.63, 3.8) is 0 Å². The van der Waals surface area contributed by atoms with Crippen LogP contribution < -0.4 is 0 Å². The van der Waals surface area contributed by atoms with Gasteiger partial charge in [-0.3, -0.25) is 4.68 Å². The third-order valence-electron chi connectivity index (χ3n) is 2.15. The quantitative estimate of drug-likeness (QED) is 0.678. The summed E-state index contributed by atoms with van der Waals surface area (Å²) in [4.78, 5) is 8.11. The molecule has 0 atom stereocenters. The van der Waals surface area contributed by atoms with Gasteiger partial charge in [-0.15, -0.1) is 0 Å². The first-order valence-corrected chi connectivity index (χ1v) is 4.82. The highest BCUT2D eigenvalue weighted by atomic mass is 35.5. The van der Waals surface area contributed by atoms with E-state index in [1.165, 1.54) is 6.33 Å². The first-order valence-electron chi connectivity index (χ1n) is 4.44. The molecule has 0 radical (unpaired) electrons. The summed E-state index contributed by atoms with van der Waals surface area (Å²) in [5.74, 6) is 0.321. The van der Waals surface area contributed by atoms with Gasteiger partial charge in [0.25, 0.3) is 0 Å². The van der Waals surface area contributed by atoms with E-state index in [2.05, 4.69) is 28.9 Å². The molecule has 5 heteroatoms. The molecule has 0 saturated heterocycles. The lowest BCUT2D eigenvalue weighted by Gasteiger charge is -1.99. The summed E-state index contributed by atoms with van der Waals surface area (Å²) in [7, 11) is 1.86. The number of rotatable bonds is 1. The van der Waals surface area contributed by atoms with Crippen molar-refractivity contribution in [2.24, 2.45) is 7.05 Å². The highest BCUT2D eigenvalue weighted by Crippen LogP contribution is 2.27. The number of nitrogens with zero attached hydrogens (tertiary/aromatic N) is 4. The molecule has 2 rings (SSSR count). The van der Waals surface area contributed by atoms with E-state index in [0.717, 1.165) is 16.7 Å². The van der Waals surface area contributed by atoms with Gasteiger partial charge in [0.1, 0.15) is 11.5 Å². The molecule has 14 heavy (non-hydrogen) atoms. The van der Waals surface area contributed by atoms with Gasteiger partial charge < -0.3 is 0 Å². The lowest BCUT2D eigenvalue weighted by Crippen LogP contribution is -1.93. The number of hydrogen-bond donors (Lipinski definition) is 0. The van der Waals surface area contributed by atoms with Crippen molar-refractivity contribution in [1.82, 2.24) is 19.7 Å². The van der Waals surface area contributed by atoms with E-state index in [0.29, 0.717) is 11.1 Å². The average molecular weight is 211 g/mol. The molecule has 2 heterocycles. The van der Waals surface area contributed by atoms with Crippen LogP contribution in [0.3, 0.4) is 0 Å². The molecule has 2 aromatic rings. The molecule has 0 unspecified atom stereocenters. The number of aryl methyl sites for hydroxylation is 1. The number of halogens is 1. The molecule has 0 bridgehead atoms. The molecule has 2 aromatic heterocycles. The van der Waals surface area contributed by atoms with Crippen molar-refractivity contribution in [2.45, 2.75) is 19.8 Å². The van der Waals surface area contributed by atoms with E-state index in [1.54, 1.807) is 4.68 Å². The Morgan fingerprint density at radius 3 is 2.71 bits per heavy atom. The Kier molecular flexibility index (Phi) is 2.15. The molecule has 0 aliphatic heterocycles. The summed E-state index contributed by atoms with van der Waals surface area (Å²) in [6, 6.07) is 0. The van der Waals surface area contributed by atoms with E-state index in [-0.39, 0.29) is 0 Å². The number of hydrogen-bond acceptors (Lipinski definition) is 3. The summed E-state index contributed by atoms with van der Waals surface area (Å²) >= 11 is 6.02. The molecule has 0 spiro atoms. The minimum atomic E-state index is 0.321. The summed E-state index contributed by atoms with van der Waals surface area (Å²) in [5, 5.41) is 5.73. The van der Waals surface area contributed by atoms with Gasteiger partial charge in [0.15, 0.2) is 5.65 Å². The van der Waals surface area contributed by atoms with Crippen molar-refractivity contribution < 1.29 is 0 Å². The fraction of sp³-hybridized carbons (Fsp3) is 0.444. The summed E-state index contributed by atoms with van der Waals surface area (Å²) in [6.45, 7) is 4.15. The standard InChI is InChI=1S/C9H11ClN4/c1-5(2)7-6-8(10)11-4-12-9(6)14(3)13-7/h4-5H,1-3H3. The predicted octanol–water partition coefficient (Wildman–Crippen LogP) is 2.14. The van der Waals surface area contributed by atoms with E-state index in [9.17, 15) is 0 Å². The molecule has 0 aliphatic carbocycles. The lowest BCUT2D eigenvalue weighted by molar-refractivity contribution is 0.724. The van der Waals surface area contributed by atoms with E-state index >= 15 is 0 Å². The molecule has 74 valence electrons. The molecule has 0 N–H and O–H groups in total. The van der Waals surface area contributed by atoms with Crippen molar-refractivity contribution in [1.29, 1.82) is 0 Å². The minimum Gasteiger partial charge on any atom is -0.250 e. The molecule has 0 amide bonds. The van der Waals surface area contributed by atoms with Crippen molar-refractivity contribution in [3.05, 3.63) is 17.2 Å². The molecule has 0 saturated carbocycles. The lowest BCUT2D eigenvalue weighted by atomic mass is 10.1. The van der Waals surface area contributed by atoms with Crippen LogP contribution in [0.4, 0.5) is 0 Å². The fourth-order valence-corrected chi connectivity index (χ4v) is 1.71. The zero-order valence-electron chi connectivity index (χ0n) is 8.32. The van der Waals surface area contributed by atoms with Crippen LogP contribution in [-0.2, 0) is 7.05 Å². The average Bonchev–Trinajstić information content (AvgIpc) is 2.46. The fourth-order valence-electron chi connectivity index (χ4n) is 1.48. The summed E-state index contributed by atoms with van der Waals surface area (Å²) < 4.78 is 1.73. The van der Waals surface area contributed by atoms with Crippen molar-refractivity contribution >= 4 is 22.6 Å². The van der Waals surface area contributed by atoms with Crippen LogP contribution in [0, 0.1) is 0 Å². The van der Waals surface area contributed by atoms with Gasteiger partial charge in [0, 0.05) is 7.05 Å². The zero-order valence-corrected chi connectivity index (χ0v) is 9.08. The SMILES string of the molecule is CC(C)c1nn(C)c2ncnc(Cl)c12. The van der Waals surface area contributed by atoms with Crippen LogP contribution in [0.2, 0.25) is 5.15 Å². The smallest absolute Gasteiger partial charge is 0.162 e. The molecule has 0 fully saturated rings. The Bertz CT molecular complexity index is 475. The van der Waals surface area contributed by atoms with Gasteiger partial charge in [-0.1, -0.05) is 25.4 Å². The zero-order chi connectivity index (χ0) is 10.3. The maximum atomic E-state index is 6.02. The van der Waals surface area contributed by atoms with Gasteiger partial charge in [-0.2, -0.15) is 5.10 Å². The van der Waals surface area contributed by atoms with Gasteiger partial charge in [0.2, 0.25) is 0 Å². The Labute approximate surface area is 86.9 Å². The van der Waals surface area contributed by atoms with Gasteiger partial charge >= 0.3 is 0 Å². The highest BCUT2D eigenvalue weighted by molar-refractivity contribution is 6.34. The number of fused-ring (bicyclic) bond motifs is 1. The van der Waals surface area contributed by atoms with Crippen molar-refractivity contribution in [2.75, 3.05) is 0 Å². The Balaban J connectivity index is 2.86. The molecule has 4 nitrogen and oxygen atoms in total. The molecule has 0 aromatic carbocycles. The third kappa shape index (κ3) is 1.26. The van der Waals surface area contributed by atoms with Crippen LogP contribution in [0.15, 0.2) is 6.33 Å². The first-order chi connectivity index (χ1) is 6.61. The summed E-state index contributed by atoms with van der Waals surface area (Å²) in [5.41, 5.74) is 1.74. The molecular formula is C9H11ClN4. The van der Waals surface area contributed by atoms with Crippen LogP contribution >= 0.6 is 11.6 Å². The van der Waals surface area contributed by atoms with Crippen LogP contribution in [-0.4, -0.2) is 19.7 Å². The van der Waals surface area contributed by atoms with E-state index in [1.807, 2.05) is 7.05 Å². The maximum Gasteiger partial charge on any atom is 0.162 e.